The van der Waals surface area contributed by atoms with Crippen molar-refractivity contribution in [3.05, 3.63) is 21.4 Å². The van der Waals surface area contributed by atoms with Crippen LogP contribution in [0.15, 0.2) is 6.07 Å². The molecule has 1 nitrogen and oxygen atoms in total. The van der Waals surface area contributed by atoms with Crippen LogP contribution >= 0.6 is 11.3 Å². The highest BCUT2D eigenvalue weighted by molar-refractivity contribution is 7.12. The van der Waals surface area contributed by atoms with Crippen LogP contribution in [-0.4, -0.2) is 7.05 Å². The van der Waals surface area contributed by atoms with Crippen molar-refractivity contribution in [1.29, 1.82) is 0 Å². The van der Waals surface area contributed by atoms with Gasteiger partial charge in [-0.05, 0) is 38.9 Å². The number of hydrogen-bond acceptors (Lipinski definition) is 2. The Bertz CT molecular complexity index is 330. The summed E-state index contributed by atoms with van der Waals surface area (Å²) >= 11 is 1.92. The van der Waals surface area contributed by atoms with Gasteiger partial charge < -0.3 is 5.32 Å². The van der Waals surface area contributed by atoms with Crippen LogP contribution in [0.5, 0.6) is 0 Å². The first-order valence-corrected chi connectivity index (χ1v) is 8.24. The zero-order valence-electron chi connectivity index (χ0n) is 12.5. The zero-order chi connectivity index (χ0) is 13.4. The van der Waals surface area contributed by atoms with Gasteiger partial charge in [0.2, 0.25) is 0 Å². The normalized spacial score (nSPS) is 12.9. The lowest BCUT2D eigenvalue weighted by Crippen LogP contribution is -2.16. The highest BCUT2D eigenvalue weighted by Gasteiger charge is 2.13. The van der Waals surface area contributed by atoms with Gasteiger partial charge in [-0.25, -0.2) is 0 Å². The van der Waals surface area contributed by atoms with E-state index in [0.29, 0.717) is 6.04 Å². The van der Waals surface area contributed by atoms with Gasteiger partial charge in [-0.3, -0.25) is 0 Å². The molecule has 0 aliphatic carbocycles. The first kappa shape index (κ1) is 15.7. The number of aryl methyl sites for hydroxylation is 2. The van der Waals surface area contributed by atoms with E-state index in [1.54, 1.807) is 0 Å². The monoisotopic (exact) mass is 267 g/mol. The molecule has 104 valence electrons. The molecule has 0 saturated heterocycles. The SMILES string of the molecule is CCCCCCCCC(NC)c1cc(C)sc1C. The van der Waals surface area contributed by atoms with Crippen LogP contribution in [-0.2, 0) is 0 Å². The van der Waals surface area contributed by atoms with Gasteiger partial charge in [-0.2, -0.15) is 0 Å². The summed E-state index contributed by atoms with van der Waals surface area (Å²) in [7, 11) is 2.09. The molecule has 1 atom stereocenters. The average molecular weight is 267 g/mol. The largest absolute Gasteiger partial charge is 0.313 e. The Morgan fingerprint density at radius 2 is 1.78 bits per heavy atom. The first-order valence-electron chi connectivity index (χ1n) is 7.43. The lowest BCUT2D eigenvalue weighted by molar-refractivity contribution is 0.497. The molecule has 0 aromatic carbocycles. The highest BCUT2D eigenvalue weighted by Crippen LogP contribution is 2.29. The summed E-state index contributed by atoms with van der Waals surface area (Å²) in [5.74, 6) is 0. The summed E-state index contributed by atoms with van der Waals surface area (Å²) in [4.78, 5) is 2.92. The molecule has 1 aromatic rings. The van der Waals surface area contributed by atoms with Crippen LogP contribution in [0.1, 0.15) is 73.2 Å². The van der Waals surface area contributed by atoms with Crippen molar-refractivity contribution in [2.75, 3.05) is 7.05 Å². The fraction of sp³-hybridized carbons (Fsp3) is 0.750. The molecule has 0 aliphatic rings. The van der Waals surface area contributed by atoms with Crippen molar-refractivity contribution in [1.82, 2.24) is 5.32 Å². The van der Waals surface area contributed by atoms with Crippen molar-refractivity contribution in [2.45, 2.75) is 71.8 Å². The quantitative estimate of drug-likeness (QED) is 0.593. The van der Waals surface area contributed by atoms with Crippen LogP contribution in [0.3, 0.4) is 0 Å². The predicted octanol–water partition coefficient (Wildman–Crippen LogP) is 5.38. The summed E-state index contributed by atoms with van der Waals surface area (Å²) in [5, 5.41) is 3.48. The number of unbranched alkanes of at least 4 members (excludes halogenated alkanes) is 5. The maximum absolute atomic E-state index is 3.48. The fourth-order valence-electron chi connectivity index (χ4n) is 2.58. The Balaban J connectivity index is 2.32. The fourth-order valence-corrected chi connectivity index (χ4v) is 3.57. The summed E-state index contributed by atoms with van der Waals surface area (Å²) in [6.45, 7) is 6.73. The van der Waals surface area contributed by atoms with Crippen molar-refractivity contribution in [3.63, 3.8) is 0 Å². The summed E-state index contributed by atoms with van der Waals surface area (Å²) in [6.07, 6.45) is 9.58. The number of hydrogen-bond donors (Lipinski definition) is 1. The van der Waals surface area contributed by atoms with E-state index in [1.807, 2.05) is 11.3 Å². The molecule has 0 bridgehead atoms. The third-order valence-electron chi connectivity index (χ3n) is 3.65. The van der Waals surface area contributed by atoms with Crippen molar-refractivity contribution in [3.8, 4) is 0 Å². The standard InChI is InChI=1S/C16H29NS/c1-5-6-7-8-9-10-11-16(17-4)15-12-13(2)18-14(15)3/h12,16-17H,5-11H2,1-4H3. The van der Waals surface area contributed by atoms with E-state index in [9.17, 15) is 0 Å². The maximum atomic E-state index is 3.48. The molecule has 0 fully saturated rings. The van der Waals surface area contributed by atoms with E-state index in [4.69, 9.17) is 0 Å². The van der Waals surface area contributed by atoms with Gasteiger partial charge in [0, 0.05) is 15.8 Å². The second-order valence-electron chi connectivity index (χ2n) is 5.27. The Labute approximate surface area is 117 Å². The number of rotatable bonds is 9. The molecule has 0 spiro atoms. The molecule has 18 heavy (non-hydrogen) atoms. The van der Waals surface area contributed by atoms with E-state index < -0.39 is 0 Å². The molecule has 1 N–H and O–H groups in total. The summed E-state index contributed by atoms with van der Waals surface area (Å²) in [6, 6.07) is 2.92. The van der Waals surface area contributed by atoms with Gasteiger partial charge in [-0.1, -0.05) is 45.4 Å². The lowest BCUT2D eigenvalue weighted by Gasteiger charge is -2.16. The van der Waals surface area contributed by atoms with Crippen molar-refractivity contribution in [2.24, 2.45) is 0 Å². The third kappa shape index (κ3) is 5.11. The molecule has 1 rings (SSSR count). The van der Waals surface area contributed by atoms with E-state index in [1.165, 1.54) is 60.3 Å². The van der Waals surface area contributed by atoms with Crippen LogP contribution in [0.25, 0.3) is 0 Å². The number of thiophene rings is 1. The second-order valence-corrected chi connectivity index (χ2v) is 6.73. The minimum absolute atomic E-state index is 0.557. The third-order valence-corrected chi connectivity index (χ3v) is 4.63. The summed E-state index contributed by atoms with van der Waals surface area (Å²) < 4.78 is 0. The lowest BCUT2D eigenvalue weighted by atomic mass is 10.00. The molecule has 1 heterocycles. The van der Waals surface area contributed by atoms with Gasteiger partial charge in [0.05, 0.1) is 0 Å². The first-order chi connectivity index (χ1) is 8.69. The molecular formula is C16H29NS. The molecule has 0 saturated carbocycles. The molecule has 1 aromatic heterocycles. The zero-order valence-corrected chi connectivity index (χ0v) is 13.3. The van der Waals surface area contributed by atoms with Crippen molar-refractivity contribution < 1.29 is 0 Å². The predicted molar refractivity (Wildman–Crippen MR) is 83.6 cm³/mol. The van der Waals surface area contributed by atoms with Gasteiger partial charge >= 0.3 is 0 Å². The Morgan fingerprint density at radius 1 is 1.11 bits per heavy atom. The van der Waals surface area contributed by atoms with E-state index in [2.05, 4.69) is 39.2 Å². The Kier molecular flexibility index (Phi) is 7.60. The Hall–Kier alpha value is -0.340. The summed E-state index contributed by atoms with van der Waals surface area (Å²) in [5.41, 5.74) is 1.52. The molecule has 0 aliphatic heterocycles. The van der Waals surface area contributed by atoms with Gasteiger partial charge in [0.25, 0.3) is 0 Å². The van der Waals surface area contributed by atoms with Crippen molar-refractivity contribution >= 4 is 11.3 Å². The number of nitrogens with one attached hydrogen (secondary N) is 1. The van der Waals surface area contributed by atoms with Crippen LogP contribution in [0, 0.1) is 13.8 Å². The molecular weight excluding hydrogens is 238 g/mol. The van der Waals surface area contributed by atoms with E-state index >= 15 is 0 Å². The Morgan fingerprint density at radius 3 is 2.33 bits per heavy atom. The topological polar surface area (TPSA) is 12.0 Å². The van der Waals surface area contributed by atoms with Gasteiger partial charge in [0.1, 0.15) is 0 Å². The average Bonchev–Trinajstić information content (AvgIpc) is 2.68. The second kappa shape index (κ2) is 8.71. The molecule has 0 amide bonds. The minimum atomic E-state index is 0.557. The van der Waals surface area contributed by atoms with Crippen LogP contribution < -0.4 is 5.32 Å². The van der Waals surface area contributed by atoms with E-state index in [-0.39, 0.29) is 0 Å². The van der Waals surface area contributed by atoms with Gasteiger partial charge in [0.15, 0.2) is 0 Å². The van der Waals surface area contributed by atoms with Crippen LogP contribution in [0.2, 0.25) is 0 Å². The smallest absolute Gasteiger partial charge is 0.0328 e. The molecule has 2 heteroatoms. The van der Waals surface area contributed by atoms with Crippen LogP contribution in [0.4, 0.5) is 0 Å². The maximum Gasteiger partial charge on any atom is 0.0328 e. The molecule has 0 radical (unpaired) electrons. The van der Waals surface area contributed by atoms with Gasteiger partial charge in [-0.15, -0.1) is 11.3 Å². The minimum Gasteiger partial charge on any atom is -0.313 e. The van der Waals surface area contributed by atoms with E-state index in [0.717, 1.165) is 0 Å². The molecule has 1 unspecified atom stereocenters. The highest BCUT2D eigenvalue weighted by atomic mass is 32.1.